The number of pyridine rings is 1. The number of fused-ring (bicyclic) bond motifs is 1. The smallest absolute Gasteiger partial charge is 0.270 e. The summed E-state index contributed by atoms with van der Waals surface area (Å²) in [5.41, 5.74) is 3.92. The van der Waals surface area contributed by atoms with Crippen LogP contribution in [0, 0.1) is 12.7 Å². The summed E-state index contributed by atoms with van der Waals surface area (Å²) in [6.45, 7) is 2.35. The molecule has 28 heavy (non-hydrogen) atoms. The molecule has 4 heterocycles. The molecule has 0 unspecified atom stereocenters. The van der Waals surface area contributed by atoms with Gasteiger partial charge in [-0.15, -0.1) is 0 Å². The number of benzene rings is 1. The third-order valence-corrected chi connectivity index (χ3v) is 5.36. The Morgan fingerprint density at radius 3 is 2.93 bits per heavy atom. The number of likely N-dealkylation sites (tertiary alicyclic amines) is 1. The number of hydrogen-bond donors (Lipinski definition) is 2. The Hall–Kier alpha value is -3.48. The van der Waals surface area contributed by atoms with E-state index < -0.39 is 0 Å². The summed E-state index contributed by atoms with van der Waals surface area (Å²) in [4.78, 5) is 22.4. The van der Waals surface area contributed by atoms with Crippen molar-refractivity contribution in [1.29, 1.82) is 0 Å². The lowest BCUT2D eigenvalue weighted by molar-refractivity contribution is 0.0447. The van der Waals surface area contributed by atoms with Gasteiger partial charge in [-0.25, -0.2) is 9.37 Å². The fraction of sp³-hybridized carbons (Fsp3) is 0.190. The van der Waals surface area contributed by atoms with Crippen molar-refractivity contribution >= 4 is 16.9 Å². The van der Waals surface area contributed by atoms with Crippen molar-refractivity contribution in [1.82, 2.24) is 25.1 Å². The molecule has 0 bridgehead atoms. The van der Waals surface area contributed by atoms with Crippen LogP contribution in [0.5, 0.6) is 0 Å². The summed E-state index contributed by atoms with van der Waals surface area (Å²) in [5.74, 6) is -0.368. The van der Waals surface area contributed by atoms with Crippen LogP contribution in [0.25, 0.3) is 22.3 Å². The van der Waals surface area contributed by atoms with Gasteiger partial charge >= 0.3 is 0 Å². The average Bonchev–Trinajstić information content (AvgIpc) is 3.33. The molecule has 1 aromatic carbocycles. The van der Waals surface area contributed by atoms with Crippen LogP contribution in [-0.2, 0) is 0 Å². The number of halogens is 1. The molecule has 6 nitrogen and oxygen atoms in total. The molecule has 0 aliphatic carbocycles. The molecular weight excluding hydrogens is 357 g/mol. The van der Waals surface area contributed by atoms with Crippen molar-refractivity contribution in [2.75, 3.05) is 6.54 Å². The van der Waals surface area contributed by atoms with E-state index in [1.165, 1.54) is 0 Å². The van der Waals surface area contributed by atoms with Gasteiger partial charge in [-0.3, -0.25) is 9.89 Å². The molecule has 1 amide bonds. The first-order valence-corrected chi connectivity index (χ1v) is 9.17. The zero-order valence-corrected chi connectivity index (χ0v) is 15.2. The minimum absolute atomic E-state index is 0.139. The van der Waals surface area contributed by atoms with Gasteiger partial charge < -0.3 is 9.88 Å². The van der Waals surface area contributed by atoms with Gasteiger partial charge in [0.1, 0.15) is 17.2 Å². The van der Waals surface area contributed by atoms with Gasteiger partial charge in [0.05, 0.1) is 17.9 Å². The number of nitrogens with one attached hydrogen (secondary N) is 2. The predicted molar refractivity (Wildman–Crippen MR) is 103 cm³/mol. The number of hydrogen-bond acceptors (Lipinski definition) is 3. The standard InChI is InChI=1S/C21H18FN5O/c1-12-3-2-4-15(19(12)22)18-7-8-27(18)21(28)17-9-13-5-6-16(25-20(13)26-17)14-10-23-24-11-14/h2-6,9-11,18H,7-8H2,1H3,(H,23,24)(H,25,26)/t18-/m1/s1. The fourth-order valence-corrected chi connectivity index (χ4v) is 3.71. The molecule has 3 aromatic heterocycles. The van der Waals surface area contributed by atoms with Crippen LogP contribution in [0.1, 0.15) is 34.1 Å². The minimum Gasteiger partial charge on any atom is -0.335 e. The van der Waals surface area contributed by atoms with Crippen LogP contribution in [0.15, 0.2) is 48.8 Å². The zero-order valence-electron chi connectivity index (χ0n) is 15.2. The monoisotopic (exact) mass is 375 g/mol. The Balaban J connectivity index is 1.45. The van der Waals surface area contributed by atoms with E-state index in [-0.39, 0.29) is 17.8 Å². The van der Waals surface area contributed by atoms with Crippen LogP contribution in [0.3, 0.4) is 0 Å². The van der Waals surface area contributed by atoms with E-state index in [4.69, 9.17) is 0 Å². The van der Waals surface area contributed by atoms with Crippen molar-refractivity contribution in [3.63, 3.8) is 0 Å². The van der Waals surface area contributed by atoms with Crippen LogP contribution >= 0.6 is 0 Å². The van der Waals surface area contributed by atoms with Gasteiger partial charge in [-0.05, 0) is 37.1 Å². The molecular formula is C21H18FN5O. The first kappa shape index (κ1) is 16.7. The second-order valence-corrected chi connectivity index (χ2v) is 7.09. The van der Waals surface area contributed by atoms with E-state index >= 15 is 0 Å². The van der Waals surface area contributed by atoms with Gasteiger partial charge in [-0.2, -0.15) is 5.10 Å². The van der Waals surface area contributed by atoms with Gasteiger partial charge in [0.2, 0.25) is 0 Å². The van der Waals surface area contributed by atoms with Crippen LogP contribution in [0.4, 0.5) is 4.39 Å². The Bertz CT molecular complexity index is 1180. The highest BCUT2D eigenvalue weighted by Gasteiger charge is 2.36. The molecule has 0 saturated carbocycles. The van der Waals surface area contributed by atoms with E-state index in [2.05, 4.69) is 20.2 Å². The number of aromatic nitrogens is 4. The summed E-state index contributed by atoms with van der Waals surface area (Å²) < 4.78 is 14.5. The van der Waals surface area contributed by atoms with Crippen LogP contribution in [0.2, 0.25) is 0 Å². The molecule has 0 radical (unpaired) electrons. The van der Waals surface area contributed by atoms with Crippen LogP contribution in [-0.4, -0.2) is 37.5 Å². The normalized spacial score (nSPS) is 16.4. The molecule has 1 fully saturated rings. The molecule has 2 N–H and O–H groups in total. The van der Waals surface area contributed by atoms with Gasteiger partial charge in [0, 0.05) is 29.3 Å². The highest BCUT2D eigenvalue weighted by molar-refractivity contribution is 5.98. The largest absolute Gasteiger partial charge is 0.335 e. The molecule has 4 aromatic rings. The topological polar surface area (TPSA) is 77.7 Å². The Morgan fingerprint density at radius 2 is 2.18 bits per heavy atom. The Labute approximate surface area is 160 Å². The van der Waals surface area contributed by atoms with E-state index in [1.807, 2.05) is 18.2 Å². The molecule has 0 spiro atoms. The zero-order chi connectivity index (χ0) is 19.3. The third kappa shape index (κ3) is 2.58. The third-order valence-electron chi connectivity index (χ3n) is 5.36. The van der Waals surface area contributed by atoms with E-state index in [0.29, 0.717) is 29.0 Å². The maximum atomic E-state index is 14.5. The van der Waals surface area contributed by atoms with Crippen molar-refractivity contribution in [2.24, 2.45) is 0 Å². The lowest BCUT2D eigenvalue weighted by atomic mass is 9.92. The number of amides is 1. The van der Waals surface area contributed by atoms with Gasteiger partial charge in [0.15, 0.2) is 0 Å². The highest BCUT2D eigenvalue weighted by atomic mass is 19.1. The minimum atomic E-state index is -0.229. The lowest BCUT2D eigenvalue weighted by Crippen LogP contribution is -2.45. The van der Waals surface area contributed by atoms with Crippen molar-refractivity contribution in [3.05, 3.63) is 71.4 Å². The maximum Gasteiger partial charge on any atom is 0.270 e. The predicted octanol–water partition coefficient (Wildman–Crippen LogP) is 3.99. The second kappa shape index (κ2) is 6.30. The van der Waals surface area contributed by atoms with Crippen molar-refractivity contribution < 1.29 is 9.18 Å². The number of carbonyl (C=O) groups is 1. The van der Waals surface area contributed by atoms with E-state index in [0.717, 1.165) is 23.1 Å². The average molecular weight is 375 g/mol. The number of aryl methyl sites for hydroxylation is 1. The van der Waals surface area contributed by atoms with E-state index in [1.54, 1.807) is 42.4 Å². The number of H-pyrrole nitrogens is 2. The second-order valence-electron chi connectivity index (χ2n) is 7.09. The summed E-state index contributed by atoms with van der Waals surface area (Å²) >= 11 is 0. The first-order valence-electron chi connectivity index (χ1n) is 9.17. The SMILES string of the molecule is Cc1cccc([C@H]2CCN2C(=O)c2cc3ccc(-c4cn[nH]c4)nc3[nH]2)c1F. The molecule has 1 aliphatic rings. The molecule has 1 aliphatic heterocycles. The molecule has 7 heteroatoms. The summed E-state index contributed by atoms with van der Waals surface area (Å²) in [6.07, 6.45) is 4.23. The van der Waals surface area contributed by atoms with Gasteiger partial charge in [0.25, 0.3) is 5.91 Å². The fourth-order valence-electron chi connectivity index (χ4n) is 3.71. The number of carbonyl (C=O) groups excluding carboxylic acids is 1. The number of nitrogens with zero attached hydrogens (tertiary/aromatic N) is 3. The quantitative estimate of drug-likeness (QED) is 0.568. The first-order chi connectivity index (χ1) is 13.6. The van der Waals surface area contributed by atoms with Crippen molar-refractivity contribution in [3.8, 4) is 11.3 Å². The Kier molecular flexibility index (Phi) is 3.75. The summed E-state index contributed by atoms with van der Waals surface area (Å²) in [6, 6.07) is 10.7. The number of aromatic amines is 2. The molecule has 1 saturated heterocycles. The van der Waals surface area contributed by atoms with Gasteiger partial charge in [-0.1, -0.05) is 18.2 Å². The number of rotatable bonds is 3. The summed E-state index contributed by atoms with van der Waals surface area (Å²) in [7, 11) is 0. The Morgan fingerprint density at radius 1 is 1.29 bits per heavy atom. The molecule has 140 valence electrons. The van der Waals surface area contributed by atoms with Crippen molar-refractivity contribution in [2.45, 2.75) is 19.4 Å². The molecule has 5 rings (SSSR count). The van der Waals surface area contributed by atoms with E-state index in [9.17, 15) is 9.18 Å². The lowest BCUT2D eigenvalue weighted by Gasteiger charge is -2.41. The van der Waals surface area contributed by atoms with Crippen LogP contribution < -0.4 is 0 Å². The highest BCUT2D eigenvalue weighted by Crippen LogP contribution is 2.36. The summed E-state index contributed by atoms with van der Waals surface area (Å²) in [5, 5.41) is 7.56. The maximum absolute atomic E-state index is 14.5. The molecule has 1 atom stereocenters.